The minimum absolute atomic E-state index is 0.307. The Morgan fingerprint density at radius 1 is 1.00 bits per heavy atom. The van der Waals surface area contributed by atoms with E-state index < -0.39 is 0 Å². The molecule has 4 heterocycles. The summed E-state index contributed by atoms with van der Waals surface area (Å²) in [5, 5.41) is 9.82. The number of piperazine rings is 1. The highest BCUT2D eigenvalue weighted by Gasteiger charge is 2.19. The van der Waals surface area contributed by atoms with Crippen LogP contribution < -0.4 is 15.4 Å². The molecule has 184 valence electrons. The number of hydrogen-bond donors (Lipinski definition) is 1. The van der Waals surface area contributed by atoms with Crippen LogP contribution in [-0.4, -0.2) is 87.3 Å². The van der Waals surface area contributed by atoms with E-state index in [-0.39, 0.29) is 0 Å². The van der Waals surface area contributed by atoms with Crippen molar-refractivity contribution in [3.63, 3.8) is 0 Å². The molecule has 4 aromatic rings. The molecular formula is C24H31N9O2. The van der Waals surface area contributed by atoms with Crippen molar-refractivity contribution in [1.82, 2.24) is 34.3 Å². The lowest BCUT2D eigenvalue weighted by molar-refractivity contribution is 0.146. The lowest BCUT2D eigenvalue weighted by Gasteiger charge is -2.36. The normalized spacial score (nSPS) is 15.1. The van der Waals surface area contributed by atoms with Crippen molar-refractivity contribution in [1.29, 1.82) is 0 Å². The molecular weight excluding hydrogens is 446 g/mol. The molecule has 0 atom stereocenters. The van der Waals surface area contributed by atoms with Crippen LogP contribution in [0.5, 0.6) is 5.75 Å². The number of allylic oxidation sites excluding steroid dienone is 1. The van der Waals surface area contributed by atoms with Crippen LogP contribution in [0.3, 0.4) is 0 Å². The standard InChI is InChI=1S/C24H31N9O2/c1-3-4-21-27-23-20-17-26-32(22(20)28-24(25)33(23)29-21)14-11-30-9-12-31(13-10-30)18-5-7-19(8-6-18)35-16-15-34-2/h3-8,17H,9-16H2,1-2H3,(H2,25,28)/b4-3+. The van der Waals surface area contributed by atoms with Crippen LogP contribution >= 0.6 is 0 Å². The minimum atomic E-state index is 0.307. The second kappa shape index (κ2) is 10.3. The number of aromatic nitrogens is 6. The summed E-state index contributed by atoms with van der Waals surface area (Å²) in [6.45, 7) is 8.62. The maximum Gasteiger partial charge on any atom is 0.225 e. The van der Waals surface area contributed by atoms with Gasteiger partial charge in [0.05, 0.1) is 24.7 Å². The van der Waals surface area contributed by atoms with Crippen molar-refractivity contribution in [2.45, 2.75) is 13.5 Å². The number of hydrogen-bond acceptors (Lipinski definition) is 9. The summed E-state index contributed by atoms with van der Waals surface area (Å²) in [4.78, 5) is 14.0. The summed E-state index contributed by atoms with van der Waals surface area (Å²) in [5.41, 5.74) is 8.80. The molecule has 1 saturated heterocycles. The van der Waals surface area contributed by atoms with Gasteiger partial charge in [0.25, 0.3) is 0 Å². The topological polar surface area (TPSA) is 112 Å². The van der Waals surface area contributed by atoms with Crippen molar-refractivity contribution in [2.24, 2.45) is 0 Å². The molecule has 5 rings (SSSR count). The van der Waals surface area contributed by atoms with Gasteiger partial charge in [-0.15, -0.1) is 5.10 Å². The quantitative estimate of drug-likeness (QED) is 0.361. The number of ether oxygens (including phenoxy) is 2. The van der Waals surface area contributed by atoms with Gasteiger partial charge in [-0.05, 0) is 37.3 Å². The summed E-state index contributed by atoms with van der Waals surface area (Å²) in [7, 11) is 1.67. The van der Waals surface area contributed by atoms with Gasteiger partial charge in [-0.2, -0.15) is 14.6 Å². The van der Waals surface area contributed by atoms with Crippen LogP contribution in [0.25, 0.3) is 22.8 Å². The van der Waals surface area contributed by atoms with Gasteiger partial charge in [-0.3, -0.25) is 4.90 Å². The molecule has 2 N–H and O–H groups in total. The molecule has 1 aliphatic heterocycles. The molecule has 0 bridgehead atoms. The van der Waals surface area contributed by atoms with E-state index in [0.717, 1.165) is 56.1 Å². The molecule has 0 radical (unpaired) electrons. The highest BCUT2D eigenvalue weighted by atomic mass is 16.5. The molecule has 11 heteroatoms. The van der Waals surface area contributed by atoms with Gasteiger partial charge in [-0.25, -0.2) is 9.67 Å². The first-order chi connectivity index (χ1) is 17.2. The number of nitrogens with two attached hydrogens (primary N) is 1. The molecule has 0 unspecified atom stereocenters. The third-order valence-electron chi connectivity index (χ3n) is 6.19. The summed E-state index contributed by atoms with van der Waals surface area (Å²) in [5.74, 6) is 1.78. The lowest BCUT2D eigenvalue weighted by Crippen LogP contribution is -2.47. The van der Waals surface area contributed by atoms with Crippen molar-refractivity contribution in [3.05, 3.63) is 42.4 Å². The predicted molar refractivity (Wildman–Crippen MR) is 136 cm³/mol. The van der Waals surface area contributed by atoms with Crippen LogP contribution in [0.2, 0.25) is 0 Å². The zero-order valence-electron chi connectivity index (χ0n) is 20.2. The van der Waals surface area contributed by atoms with E-state index in [1.54, 1.807) is 17.8 Å². The molecule has 0 aliphatic carbocycles. The molecule has 0 spiro atoms. The number of anilines is 2. The molecule has 1 fully saturated rings. The first kappa shape index (κ1) is 23.1. The van der Waals surface area contributed by atoms with E-state index in [1.807, 2.05) is 35.9 Å². The molecule has 3 aromatic heterocycles. The molecule has 0 amide bonds. The second-order valence-electron chi connectivity index (χ2n) is 8.44. The average Bonchev–Trinajstić information content (AvgIpc) is 3.48. The maximum atomic E-state index is 6.16. The molecule has 35 heavy (non-hydrogen) atoms. The first-order valence-corrected chi connectivity index (χ1v) is 11.9. The molecule has 0 saturated carbocycles. The lowest BCUT2D eigenvalue weighted by atomic mass is 10.2. The Labute approximate surface area is 203 Å². The Bertz CT molecular complexity index is 1300. The fourth-order valence-electron chi connectivity index (χ4n) is 4.32. The Balaban J connectivity index is 1.19. The van der Waals surface area contributed by atoms with Crippen LogP contribution in [0.1, 0.15) is 12.7 Å². The number of rotatable bonds is 9. The minimum Gasteiger partial charge on any atom is -0.491 e. The van der Waals surface area contributed by atoms with Crippen molar-refractivity contribution >= 4 is 34.4 Å². The summed E-state index contributed by atoms with van der Waals surface area (Å²) >= 11 is 0. The molecule has 1 aliphatic rings. The molecule has 11 nitrogen and oxygen atoms in total. The third-order valence-corrected chi connectivity index (χ3v) is 6.19. The van der Waals surface area contributed by atoms with E-state index in [0.29, 0.717) is 30.6 Å². The number of fused-ring (bicyclic) bond motifs is 3. The largest absolute Gasteiger partial charge is 0.491 e. The van der Waals surface area contributed by atoms with Crippen molar-refractivity contribution in [3.8, 4) is 5.75 Å². The highest BCUT2D eigenvalue weighted by Crippen LogP contribution is 2.22. The van der Waals surface area contributed by atoms with Crippen LogP contribution in [0.4, 0.5) is 11.6 Å². The Morgan fingerprint density at radius 3 is 2.54 bits per heavy atom. The zero-order valence-corrected chi connectivity index (χ0v) is 20.2. The van der Waals surface area contributed by atoms with Gasteiger partial charge in [-0.1, -0.05) is 6.08 Å². The zero-order chi connectivity index (χ0) is 24.2. The fourth-order valence-corrected chi connectivity index (χ4v) is 4.32. The van der Waals surface area contributed by atoms with Gasteiger partial charge < -0.3 is 20.1 Å². The maximum absolute atomic E-state index is 6.16. The number of methoxy groups -OCH3 is 1. The van der Waals surface area contributed by atoms with E-state index in [2.05, 4.69) is 42.1 Å². The number of benzene rings is 1. The van der Waals surface area contributed by atoms with Gasteiger partial charge in [0, 0.05) is 45.5 Å². The van der Waals surface area contributed by atoms with Crippen LogP contribution in [-0.2, 0) is 11.3 Å². The first-order valence-electron chi connectivity index (χ1n) is 11.9. The van der Waals surface area contributed by atoms with Crippen LogP contribution in [0, 0.1) is 0 Å². The van der Waals surface area contributed by atoms with Gasteiger partial charge in [0.1, 0.15) is 12.4 Å². The third kappa shape index (κ3) is 4.91. The van der Waals surface area contributed by atoms with Crippen molar-refractivity contribution < 1.29 is 9.47 Å². The van der Waals surface area contributed by atoms with E-state index in [1.165, 1.54) is 5.69 Å². The Morgan fingerprint density at radius 2 is 1.80 bits per heavy atom. The predicted octanol–water partition coefficient (Wildman–Crippen LogP) is 1.94. The summed E-state index contributed by atoms with van der Waals surface area (Å²) < 4.78 is 14.2. The monoisotopic (exact) mass is 477 g/mol. The summed E-state index contributed by atoms with van der Waals surface area (Å²) in [6, 6.07) is 8.28. The fraction of sp³-hybridized carbons (Fsp3) is 0.417. The smallest absolute Gasteiger partial charge is 0.225 e. The number of nitrogen functional groups attached to an aromatic ring is 1. The van der Waals surface area contributed by atoms with Gasteiger partial charge >= 0.3 is 0 Å². The van der Waals surface area contributed by atoms with Gasteiger partial charge in [0.2, 0.25) is 5.95 Å². The second-order valence-corrected chi connectivity index (χ2v) is 8.44. The number of nitrogens with zero attached hydrogens (tertiary/aromatic N) is 8. The van der Waals surface area contributed by atoms with E-state index in [4.69, 9.17) is 15.2 Å². The summed E-state index contributed by atoms with van der Waals surface area (Å²) in [6.07, 6.45) is 5.53. The van der Waals surface area contributed by atoms with Crippen LogP contribution in [0.15, 0.2) is 36.5 Å². The highest BCUT2D eigenvalue weighted by molar-refractivity contribution is 5.90. The van der Waals surface area contributed by atoms with E-state index in [9.17, 15) is 0 Å². The Kier molecular flexibility index (Phi) is 6.77. The van der Waals surface area contributed by atoms with Crippen molar-refractivity contribution in [2.75, 3.05) is 63.7 Å². The van der Waals surface area contributed by atoms with Gasteiger partial charge in [0.15, 0.2) is 17.1 Å². The Hall–Kier alpha value is -3.70. The van der Waals surface area contributed by atoms with E-state index >= 15 is 0 Å². The average molecular weight is 478 g/mol. The molecule has 1 aromatic carbocycles. The SMILES string of the molecule is C/C=C/c1nc2c3cnn(CCN4CCN(c5ccc(OCCOC)cc5)CC4)c3nc(N)n2n1.